The molecule has 2 aliphatic heterocycles. The molecule has 0 bridgehead atoms. The molecule has 6 rings (SSSR count). The molecule has 4 aromatic rings. The van der Waals surface area contributed by atoms with Crippen molar-refractivity contribution in [2.45, 2.75) is 25.3 Å². The predicted molar refractivity (Wildman–Crippen MR) is 132 cm³/mol. The molecule has 1 aromatic heterocycles. The Kier molecular flexibility index (Phi) is 5.45. The van der Waals surface area contributed by atoms with E-state index in [1.807, 2.05) is 65.6 Å². The highest BCUT2D eigenvalue weighted by molar-refractivity contribution is 6.05. The zero-order valence-corrected chi connectivity index (χ0v) is 19.2. The average molecular weight is 468 g/mol. The first-order chi connectivity index (χ1) is 17.2. The highest BCUT2D eigenvalue weighted by atomic mass is 16.5. The van der Waals surface area contributed by atoms with Crippen LogP contribution in [0.5, 0.6) is 11.5 Å². The molecule has 1 fully saturated rings. The van der Waals surface area contributed by atoms with Gasteiger partial charge in [0.2, 0.25) is 0 Å². The second-order valence-electron chi connectivity index (χ2n) is 8.86. The lowest BCUT2D eigenvalue weighted by Crippen LogP contribution is -2.34. The molecule has 1 atom stereocenters. The van der Waals surface area contributed by atoms with E-state index in [-0.39, 0.29) is 23.2 Å². The molecule has 0 radical (unpaired) electrons. The van der Waals surface area contributed by atoms with Crippen molar-refractivity contribution in [2.75, 3.05) is 19.8 Å². The Morgan fingerprint density at radius 1 is 0.857 bits per heavy atom. The Balaban J connectivity index is 1.42. The molecule has 176 valence electrons. The summed E-state index contributed by atoms with van der Waals surface area (Å²) in [6.07, 6.45) is 2.58. The topological polar surface area (TPSA) is 73.7 Å². The van der Waals surface area contributed by atoms with Crippen molar-refractivity contribution in [1.82, 2.24) is 14.7 Å². The van der Waals surface area contributed by atoms with E-state index in [2.05, 4.69) is 5.10 Å². The zero-order valence-electron chi connectivity index (χ0n) is 19.2. The molecule has 2 aliphatic rings. The first-order valence-electron chi connectivity index (χ1n) is 12.0. The number of fused-ring (bicyclic) bond motifs is 2. The fraction of sp³-hybridized carbons (Fsp3) is 0.250. The van der Waals surface area contributed by atoms with Crippen molar-refractivity contribution in [3.05, 3.63) is 94.4 Å². The average Bonchev–Trinajstić information content (AvgIpc) is 3.28. The monoisotopic (exact) mass is 467 g/mol. The van der Waals surface area contributed by atoms with Gasteiger partial charge in [0, 0.05) is 18.4 Å². The largest absolute Gasteiger partial charge is 0.490 e. The normalized spacial score (nSPS) is 17.4. The SMILES string of the molecule is O=C(c1nn(-c2ccccc2)c(=O)c2ccccc12)N1CCC[C@@H]1c1ccc2c(c1)OCCCO2. The van der Waals surface area contributed by atoms with Gasteiger partial charge < -0.3 is 14.4 Å². The maximum atomic E-state index is 14.0. The summed E-state index contributed by atoms with van der Waals surface area (Å²) in [6.45, 7) is 1.87. The van der Waals surface area contributed by atoms with Crippen LogP contribution in [0.15, 0.2) is 77.6 Å². The highest BCUT2D eigenvalue weighted by Gasteiger charge is 2.33. The van der Waals surface area contributed by atoms with Crippen molar-refractivity contribution in [2.24, 2.45) is 0 Å². The summed E-state index contributed by atoms with van der Waals surface area (Å²) in [6, 6.07) is 22.2. The Morgan fingerprint density at radius 2 is 1.60 bits per heavy atom. The second kappa shape index (κ2) is 8.91. The van der Waals surface area contributed by atoms with Gasteiger partial charge in [0.25, 0.3) is 11.5 Å². The van der Waals surface area contributed by atoms with E-state index >= 15 is 0 Å². The number of likely N-dealkylation sites (tertiary alicyclic amines) is 1. The molecule has 1 saturated heterocycles. The summed E-state index contributed by atoms with van der Waals surface area (Å²) in [5, 5.41) is 5.64. The second-order valence-corrected chi connectivity index (χ2v) is 8.86. The minimum absolute atomic E-state index is 0.0997. The number of aromatic nitrogens is 2. The van der Waals surface area contributed by atoms with Gasteiger partial charge in [0.1, 0.15) is 0 Å². The Morgan fingerprint density at radius 3 is 2.43 bits per heavy atom. The molecule has 0 spiro atoms. The van der Waals surface area contributed by atoms with Crippen LogP contribution in [-0.2, 0) is 0 Å². The first kappa shape index (κ1) is 21.4. The third-order valence-electron chi connectivity index (χ3n) is 6.68. The first-order valence-corrected chi connectivity index (χ1v) is 12.0. The van der Waals surface area contributed by atoms with Crippen LogP contribution >= 0.6 is 0 Å². The summed E-state index contributed by atoms with van der Waals surface area (Å²) in [7, 11) is 0. The van der Waals surface area contributed by atoms with Gasteiger partial charge in [-0.1, -0.05) is 42.5 Å². The van der Waals surface area contributed by atoms with Gasteiger partial charge in [0.15, 0.2) is 17.2 Å². The van der Waals surface area contributed by atoms with E-state index in [0.29, 0.717) is 36.2 Å². The van der Waals surface area contributed by atoms with Gasteiger partial charge in [-0.15, -0.1) is 0 Å². The molecule has 7 heteroatoms. The van der Waals surface area contributed by atoms with Crippen LogP contribution < -0.4 is 15.0 Å². The van der Waals surface area contributed by atoms with Gasteiger partial charge >= 0.3 is 0 Å². The summed E-state index contributed by atoms with van der Waals surface area (Å²) >= 11 is 0. The third kappa shape index (κ3) is 3.83. The maximum Gasteiger partial charge on any atom is 0.279 e. The Hall–Kier alpha value is -4.13. The van der Waals surface area contributed by atoms with Gasteiger partial charge in [-0.25, -0.2) is 0 Å². The van der Waals surface area contributed by atoms with Crippen molar-refractivity contribution in [3.63, 3.8) is 0 Å². The number of carbonyl (C=O) groups is 1. The third-order valence-corrected chi connectivity index (χ3v) is 6.68. The lowest BCUT2D eigenvalue weighted by atomic mass is 10.0. The zero-order chi connectivity index (χ0) is 23.8. The van der Waals surface area contributed by atoms with Crippen molar-refractivity contribution in [3.8, 4) is 17.2 Å². The van der Waals surface area contributed by atoms with Gasteiger partial charge in [-0.3, -0.25) is 9.59 Å². The number of rotatable bonds is 3. The van der Waals surface area contributed by atoms with Gasteiger partial charge in [-0.2, -0.15) is 9.78 Å². The minimum atomic E-state index is -0.246. The molecular formula is C28H25N3O4. The fourth-order valence-corrected chi connectivity index (χ4v) is 4.97. The van der Waals surface area contributed by atoms with Gasteiger partial charge in [0.05, 0.1) is 30.3 Å². The summed E-state index contributed by atoms with van der Waals surface area (Å²) < 4.78 is 13.0. The number of hydrogen-bond acceptors (Lipinski definition) is 5. The molecule has 0 unspecified atom stereocenters. The van der Waals surface area contributed by atoms with Crippen LogP contribution in [0.4, 0.5) is 0 Å². The standard InChI is InChI=1S/C28H25N3O4/c32-27-22-11-5-4-10-21(22)26(29-31(27)20-8-2-1-3-9-20)28(33)30-15-6-12-23(30)19-13-14-24-25(18-19)35-17-7-16-34-24/h1-5,8-11,13-14,18,23H,6-7,12,15-17H2/t23-/m1/s1. The molecule has 0 aliphatic carbocycles. The van der Waals surface area contributed by atoms with Crippen LogP contribution in [0.1, 0.15) is 41.4 Å². The van der Waals surface area contributed by atoms with Crippen LogP contribution in [0.25, 0.3) is 16.5 Å². The van der Waals surface area contributed by atoms with E-state index < -0.39 is 0 Å². The van der Waals surface area contributed by atoms with Gasteiger partial charge in [-0.05, 0) is 48.7 Å². The molecule has 1 amide bonds. The predicted octanol–water partition coefficient (Wildman–Crippen LogP) is 4.52. The fourth-order valence-electron chi connectivity index (χ4n) is 4.97. The van der Waals surface area contributed by atoms with Crippen LogP contribution in [0.3, 0.4) is 0 Å². The molecule has 3 aromatic carbocycles. The summed E-state index contributed by atoms with van der Waals surface area (Å²) in [4.78, 5) is 29.1. The summed E-state index contributed by atoms with van der Waals surface area (Å²) in [5.74, 6) is 1.28. The van der Waals surface area contributed by atoms with E-state index in [1.54, 1.807) is 12.1 Å². The van der Waals surface area contributed by atoms with Crippen LogP contribution in [0.2, 0.25) is 0 Å². The van der Waals surface area contributed by atoms with Crippen molar-refractivity contribution < 1.29 is 14.3 Å². The lowest BCUT2D eigenvalue weighted by molar-refractivity contribution is 0.0729. The van der Waals surface area contributed by atoms with E-state index in [0.717, 1.165) is 36.3 Å². The molecule has 0 N–H and O–H groups in total. The Bertz CT molecular complexity index is 1460. The Labute approximate surface area is 202 Å². The number of benzene rings is 3. The number of hydrogen-bond donors (Lipinski definition) is 0. The lowest BCUT2D eigenvalue weighted by Gasteiger charge is -2.26. The number of nitrogens with zero attached hydrogens (tertiary/aromatic N) is 3. The van der Waals surface area contributed by atoms with E-state index in [4.69, 9.17) is 9.47 Å². The molecule has 35 heavy (non-hydrogen) atoms. The number of ether oxygens (including phenoxy) is 2. The molecule has 7 nitrogen and oxygen atoms in total. The minimum Gasteiger partial charge on any atom is -0.490 e. The highest BCUT2D eigenvalue weighted by Crippen LogP contribution is 2.38. The van der Waals surface area contributed by atoms with Crippen molar-refractivity contribution in [1.29, 1.82) is 0 Å². The quantitative estimate of drug-likeness (QED) is 0.443. The molecule has 3 heterocycles. The maximum absolute atomic E-state index is 14.0. The van der Waals surface area contributed by atoms with Crippen LogP contribution in [0, 0.1) is 0 Å². The van der Waals surface area contributed by atoms with Crippen LogP contribution in [-0.4, -0.2) is 40.3 Å². The van der Waals surface area contributed by atoms with Crippen molar-refractivity contribution >= 4 is 16.7 Å². The molecule has 0 saturated carbocycles. The summed E-state index contributed by atoms with van der Waals surface area (Å²) in [5.41, 5.74) is 1.67. The smallest absolute Gasteiger partial charge is 0.279 e. The number of para-hydroxylation sites is 1. The van der Waals surface area contributed by atoms with E-state index in [9.17, 15) is 9.59 Å². The number of carbonyl (C=O) groups excluding carboxylic acids is 1. The van der Waals surface area contributed by atoms with E-state index in [1.165, 1.54) is 4.68 Å². The number of amides is 1. The molecular weight excluding hydrogens is 442 g/mol.